The van der Waals surface area contributed by atoms with Gasteiger partial charge in [-0.1, -0.05) is 59.8 Å². The van der Waals surface area contributed by atoms with Gasteiger partial charge in [-0.2, -0.15) is 0 Å². The number of piperidine rings is 1. The topological polar surface area (TPSA) is 64.5 Å². The van der Waals surface area contributed by atoms with Crippen LogP contribution in [-0.4, -0.2) is 46.4 Å². The lowest BCUT2D eigenvalue weighted by atomic mass is 10.0. The lowest BCUT2D eigenvalue weighted by molar-refractivity contribution is 0.0211. The predicted molar refractivity (Wildman–Crippen MR) is 114 cm³/mol. The van der Waals surface area contributed by atoms with Crippen LogP contribution in [0.15, 0.2) is 72.9 Å². The van der Waals surface area contributed by atoms with E-state index in [1.807, 2.05) is 10.9 Å². The highest BCUT2D eigenvalue weighted by atomic mass is 16.6. The molecule has 3 aromatic carbocycles. The van der Waals surface area contributed by atoms with E-state index in [1.165, 1.54) is 10.8 Å². The van der Waals surface area contributed by atoms with Gasteiger partial charge in [-0.05, 0) is 28.5 Å². The number of hydrogen-bond donors (Lipinski definition) is 1. The number of nitrogens with one attached hydrogen (secondary N) is 1. The molecule has 0 aliphatic carbocycles. The van der Waals surface area contributed by atoms with E-state index < -0.39 is 0 Å². The SMILES string of the molecule is c1ccc2c(-c3cn(-c4ccc(CO[C@H]5CNC[C@@H]6O[C@@H]56)cc4)nn3)cccc2c1. The van der Waals surface area contributed by atoms with Gasteiger partial charge in [-0.25, -0.2) is 4.68 Å². The van der Waals surface area contributed by atoms with Crippen LogP contribution in [0.5, 0.6) is 0 Å². The molecule has 2 fully saturated rings. The molecule has 3 heterocycles. The van der Waals surface area contributed by atoms with Crippen molar-refractivity contribution >= 4 is 10.8 Å². The zero-order valence-electron chi connectivity index (χ0n) is 16.4. The molecule has 0 radical (unpaired) electrons. The van der Waals surface area contributed by atoms with Crippen molar-refractivity contribution in [3.8, 4) is 16.9 Å². The third-order valence-corrected chi connectivity index (χ3v) is 5.90. The first-order valence-corrected chi connectivity index (χ1v) is 10.3. The van der Waals surface area contributed by atoms with Gasteiger partial charge in [0.2, 0.25) is 0 Å². The van der Waals surface area contributed by atoms with Gasteiger partial charge in [0.25, 0.3) is 0 Å². The number of ether oxygens (including phenoxy) is 2. The first-order valence-electron chi connectivity index (χ1n) is 10.3. The van der Waals surface area contributed by atoms with Gasteiger partial charge < -0.3 is 14.8 Å². The summed E-state index contributed by atoms with van der Waals surface area (Å²) in [5, 5.41) is 14.5. The summed E-state index contributed by atoms with van der Waals surface area (Å²) in [4.78, 5) is 0. The van der Waals surface area contributed by atoms with E-state index in [2.05, 4.69) is 82.4 Å². The van der Waals surface area contributed by atoms with Crippen molar-refractivity contribution < 1.29 is 9.47 Å². The Balaban J connectivity index is 1.18. The Labute approximate surface area is 174 Å². The van der Waals surface area contributed by atoms with Gasteiger partial charge in [-0.3, -0.25) is 0 Å². The standard InChI is InChI=1S/C24H22N4O2/c1-2-6-19-17(4-1)5-3-7-20(19)21-14-28(27-26-21)18-10-8-16(9-11-18)15-29-22-12-25-13-23-24(22)30-23/h1-11,14,22-25H,12-13,15H2/t22-,23-,24-/m0/s1. The first kappa shape index (κ1) is 17.8. The molecule has 1 aromatic heterocycles. The molecular weight excluding hydrogens is 376 g/mol. The van der Waals surface area contributed by atoms with Gasteiger partial charge in [0.1, 0.15) is 11.8 Å². The number of rotatable bonds is 5. The molecule has 0 bridgehead atoms. The average molecular weight is 398 g/mol. The number of hydrogen-bond acceptors (Lipinski definition) is 5. The molecule has 4 aromatic rings. The largest absolute Gasteiger partial charge is 0.369 e. The second kappa shape index (κ2) is 7.32. The minimum absolute atomic E-state index is 0.141. The Morgan fingerprint density at radius 2 is 1.87 bits per heavy atom. The molecule has 0 amide bonds. The van der Waals surface area contributed by atoms with E-state index in [0.29, 0.717) is 12.7 Å². The van der Waals surface area contributed by atoms with Crippen LogP contribution in [0, 0.1) is 0 Å². The maximum absolute atomic E-state index is 6.05. The Morgan fingerprint density at radius 3 is 2.80 bits per heavy atom. The minimum Gasteiger partial charge on any atom is -0.369 e. The van der Waals surface area contributed by atoms with Crippen LogP contribution >= 0.6 is 0 Å². The van der Waals surface area contributed by atoms with Crippen LogP contribution in [0.2, 0.25) is 0 Å². The summed E-state index contributed by atoms with van der Waals surface area (Å²) in [6.45, 7) is 2.38. The van der Waals surface area contributed by atoms with Crippen molar-refractivity contribution in [3.05, 3.63) is 78.5 Å². The number of benzene rings is 3. The molecule has 2 aliphatic heterocycles. The van der Waals surface area contributed by atoms with E-state index in [9.17, 15) is 0 Å². The molecule has 6 nitrogen and oxygen atoms in total. The second-order valence-corrected chi connectivity index (χ2v) is 7.89. The fraction of sp³-hybridized carbons (Fsp3) is 0.250. The van der Waals surface area contributed by atoms with Gasteiger partial charge in [-0.15, -0.1) is 5.10 Å². The Morgan fingerprint density at radius 1 is 1.00 bits per heavy atom. The van der Waals surface area contributed by atoms with Gasteiger partial charge in [0.15, 0.2) is 0 Å². The third-order valence-electron chi connectivity index (χ3n) is 5.90. The lowest BCUT2D eigenvalue weighted by Gasteiger charge is -2.20. The number of epoxide rings is 1. The maximum atomic E-state index is 6.05. The van der Waals surface area contributed by atoms with Crippen molar-refractivity contribution in [3.63, 3.8) is 0 Å². The van der Waals surface area contributed by atoms with E-state index in [-0.39, 0.29) is 12.2 Å². The zero-order chi connectivity index (χ0) is 19.9. The monoisotopic (exact) mass is 398 g/mol. The fourth-order valence-electron chi connectivity index (χ4n) is 4.20. The summed E-state index contributed by atoms with van der Waals surface area (Å²) in [7, 11) is 0. The predicted octanol–water partition coefficient (Wildman–Crippen LogP) is 3.34. The molecule has 1 N–H and O–H groups in total. The Kier molecular flexibility index (Phi) is 4.34. The summed E-state index contributed by atoms with van der Waals surface area (Å²) in [6.07, 6.45) is 2.73. The molecule has 6 rings (SSSR count). The minimum atomic E-state index is 0.141. The first-order chi connectivity index (χ1) is 14.8. The van der Waals surface area contributed by atoms with Crippen LogP contribution in [0.4, 0.5) is 0 Å². The summed E-state index contributed by atoms with van der Waals surface area (Å²) in [6, 6.07) is 22.9. The van der Waals surface area contributed by atoms with Crippen molar-refractivity contribution in [2.45, 2.75) is 24.9 Å². The molecule has 150 valence electrons. The van der Waals surface area contributed by atoms with E-state index in [1.54, 1.807) is 0 Å². The molecule has 3 atom stereocenters. The van der Waals surface area contributed by atoms with Gasteiger partial charge >= 0.3 is 0 Å². The molecular formula is C24H22N4O2. The van der Waals surface area contributed by atoms with Crippen LogP contribution in [-0.2, 0) is 16.1 Å². The van der Waals surface area contributed by atoms with E-state index >= 15 is 0 Å². The molecule has 0 spiro atoms. The lowest BCUT2D eigenvalue weighted by Crippen LogP contribution is -2.41. The smallest absolute Gasteiger partial charge is 0.114 e. The molecule has 30 heavy (non-hydrogen) atoms. The highest BCUT2D eigenvalue weighted by molar-refractivity contribution is 5.95. The molecule has 2 saturated heterocycles. The Bertz CT molecular complexity index is 1180. The number of fused-ring (bicyclic) bond motifs is 2. The van der Waals surface area contributed by atoms with Crippen LogP contribution < -0.4 is 5.32 Å². The van der Waals surface area contributed by atoms with E-state index in [4.69, 9.17) is 9.47 Å². The molecule has 6 heteroatoms. The van der Waals surface area contributed by atoms with Crippen LogP contribution in [0.3, 0.4) is 0 Å². The van der Waals surface area contributed by atoms with Crippen molar-refractivity contribution in [2.75, 3.05) is 13.1 Å². The second-order valence-electron chi connectivity index (χ2n) is 7.89. The van der Waals surface area contributed by atoms with Crippen LogP contribution in [0.25, 0.3) is 27.7 Å². The molecule has 2 aliphatic rings. The number of aromatic nitrogens is 3. The summed E-state index contributed by atoms with van der Waals surface area (Å²) in [5.41, 5.74) is 4.06. The summed E-state index contributed by atoms with van der Waals surface area (Å²) >= 11 is 0. The Hall–Kier alpha value is -3.06. The van der Waals surface area contributed by atoms with Gasteiger partial charge in [0, 0.05) is 18.7 Å². The number of nitrogens with zero attached hydrogens (tertiary/aromatic N) is 3. The van der Waals surface area contributed by atoms with Crippen LogP contribution in [0.1, 0.15) is 5.56 Å². The molecule has 0 saturated carbocycles. The fourth-order valence-corrected chi connectivity index (χ4v) is 4.20. The highest BCUT2D eigenvalue weighted by Crippen LogP contribution is 2.30. The summed E-state index contributed by atoms with van der Waals surface area (Å²) < 4.78 is 13.5. The normalized spacial score (nSPS) is 22.7. The summed E-state index contributed by atoms with van der Waals surface area (Å²) in [5.74, 6) is 0. The van der Waals surface area contributed by atoms with Crippen molar-refractivity contribution in [1.82, 2.24) is 20.3 Å². The highest BCUT2D eigenvalue weighted by Gasteiger charge is 2.48. The maximum Gasteiger partial charge on any atom is 0.114 e. The third kappa shape index (κ3) is 3.29. The quantitative estimate of drug-likeness (QED) is 0.523. The van der Waals surface area contributed by atoms with Gasteiger partial charge in [0.05, 0.1) is 30.7 Å². The van der Waals surface area contributed by atoms with Crippen molar-refractivity contribution in [1.29, 1.82) is 0 Å². The van der Waals surface area contributed by atoms with E-state index in [0.717, 1.165) is 35.6 Å². The molecule has 0 unspecified atom stereocenters. The van der Waals surface area contributed by atoms with Crippen molar-refractivity contribution in [2.24, 2.45) is 0 Å². The zero-order valence-corrected chi connectivity index (χ0v) is 16.4. The average Bonchev–Trinajstić information content (AvgIpc) is 3.45.